The van der Waals surface area contributed by atoms with E-state index >= 15 is 0 Å². The number of anilines is 2. The summed E-state index contributed by atoms with van der Waals surface area (Å²) in [5, 5.41) is 10.3. The third-order valence-corrected chi connectivity index (χ3v) is 4.11. The lowest BCUT2D eigenvalue weighted by atomic mass is 9.99. The molecule has 2 heterocycles. The lowest BCUT2D eigenvalue weighted by molar-refractivity contribution is -0.115. The summed E-state index contributed by atoms with van der Waals surface area (Å²) < 4.78 is 0. The van der Waals surface area contributed by atoms with Crippen molar-refractivity contribution in [3.63, 3.8) is 0 Å². The van der Waals surface area contributed by atoms with Gasteiger partial charge in [-0.3, -0.25) is 4.79 Å². The molecule has 4 nitrogen and oxygen atoms in total. The number of hydrogen-bond donors (Lipinski definition) is 3. The normalized spacial score (nSPS) is 21.9. The summed E-state index contributed by atoms with van der Waals surface area (Å²) in [6.07, 6.45) is 2.94. The Hall–Kier alpha value is -1.26. The number of carbonyl (C=O) groups excluding carboxylic acids is 1. The van der Waals surface area contributed by atoms with Crippen molar-refractivity contribution in [3.8, 4) is 0 Å². The molecular weight excluding hydrogens is 262 g/mol. The van der Waals surface area contributed by atoms with E-state index in [0.717, 1.165) is 36.6 Å². The van der Waals surface area contributed by atoms with Gasteiger partial charge in [0.2, 0.25) is 5.91 Å². The second kappa shape index (κ2) is 5.39. The maximum atomic E-state index is 11.3. The zero-order valence-electron chi connectivity index (χ0n) is 10.8. The molecule has 0 aromatic heterocycles. The lowest BCUT2D eigenvalue weighted by Gasteiger charge is -2.23. The Morgan fingerprint density at radius 3 is 3.11 bits per heavy atom. The highest BCUT2D eigenvalue weighted by Crippen LogP contribution is 2.33. The van der Waals surface area contributed by atoms with Gasteiger partial charge in [-0.1, -0.05) is 11.6 Å². The summed E-state index contributed by atoms with van der Waals surface area (Å²) in [6.45, 7) is 3.12. The molecule has 1 aromatic carbocycles. The quantitative estimate of drug-likeness (QED) is 0.795. The van der Waals surface area contributed by atoms with Crippen molar-refractivity contribution >= 4 is 28.9 Å². The van der Waals surface area contributed by atoms with Crippen LogP contribution in [-0.4, -0.2) is 25.5 Å². The van der Waals surface area contributed by atoms with Gasteiger partial charge in [-0.05, 0) is 49.5 Å². The summed E-state index contributed by atoms with van der Waals surface area (Å²) in [7, 11) is 0. The van der Waals surface area contributed by atoms with E-state index in [9.17, 15) is 4.79 Å². The van der Waals surface area contributed by atoms with Crippen LogP contribution in [0.2, 0.25) is 5.02 Å². The van der Waals surface area contributed by atoms with Crippen molar-refractivity contribution in [2.75, 3.05) is 30.3 Å². The molecule has 3 N–H and O–H groups in total. The Kier molecular flexibility index (Phi) is 3.62. The summed E-state index contributed by atoms with van der Waals surface area (Å²) in [5.41, 5.74) is 2.81. The van der Waals surface area contributed by atoms with E-state index in [-0.39, 0.29) is 5.91 Å². The highest BCUT2D eigenvalue weighted by atomic mass is 35.5. The highest BCUT2D eigenvalue weighted by Gasteiger charge is 2.20. The Morgan fingerprint density at radius 2 is 2.32 bits per heavy atom. The molecule has 5 heteroatoms. The standard InChI is InChI=1S/C14H18ClN3O/c15-11-6-12-10(5-14(19)18-12)4-13(11)17-8-9-2-1-3-16-7-9/h4,6,9,16-17H,1-3,5,7-8H2,(H,18,19). The molecule has 0 aliphatic carbocycles. The molecule has 19 heavy (non-hydrogen) atoms. The topological polar surface area (TPSA) is 53.2 Å². The smallest absolute Gasteiger partial charge is 0.228 e. The second-order valence-corrected chi connectivity index (χ2v) is 5.71. The van der Waals surface area contributed by atoms with Crippen molar-refractivity contribution < 1.29 is 4.79 Å². The monoisotopic (exact) mass is 279 g/mol. The maximum Gasteiger partial charge on any atom is 0.228 e. The fourth-order valence-electron chi connectivity index (χ4n) is 2.74. The number of carbonyl (C=O) groups is 1. The Bertz CT molecular complexity index is 498. The van der Waals surface area contributed by atoms with Crippen molar-refractivity contribution in [1.29, 1.82) is 0 Å². The van der Waals surface area contributed by atoms with Gasteiger partial charge in [-0.2, -0.15) is 0 Å². The molecule has 0 radical (unpaired) electrons. The van der Waals surface area contributed by atoms with Crippen LogP contribution in [0.3, 0.4) is 0 Å². The highest BCUT2D eigenvalue weighted by molar-refractivity contribution is 6.33. The van der Waals surface area contributed by atoms with Crippen LogP contribution in [0.5, 0.6) is 0 Å². The van der Waals surface area contributed by atoms with Crippen LogP contribution in [0.4, 0.5) is 11.4 Å². The van der Waals surface area contributed by atoms with Crippen LogP contribution < -0.4 is 16.0 Å². The van der Waals surface area contributed by atoms with E-state index in [1.54, 1.807) is 0 Å². The van der Waals surface area contributed by atoms with Crippen LogP contribution in [-0.2, 0) is 11.2 Å². The molecular formula is C14H18ClN3O. The Labute approximate surface area is 117 Å². The number of rotatable bonds is 3. The van der Waals surface area contributed by atoms with Crippen LogP contribution in [0, 0.1) is 5.92 Å². The molecule has 0 spiro atoms. The first kappa shape index (κ1) is 12.8. The van der Waals surface area contributed by atoms with Gasteiger partial charge < -0.3 is 16.0 Å². The molecule has 102 valence electrons. The minimum absolute atomic E-state index is 0.0414. The summed E-state index contributed by atoms with van der Waals surface area (Å²) in [5.74, 6) is 0.692. The van der Waals surface area contributed by atoms with E-state index in [4.69, 9.17) is 11.6 Å². The SMILES string of the molecule is O=C1Cc2cc(NCC3CCCNC3)c(Cl)cc2N1. The van der Waals surface area contributed by atoms with Gasteiger partial charge in [-0.25, -0.2) is 0 Å². The minimum Gasteiger partial charge on any atom is -0.384 e. The molecule has 0 bridgehead atoms. The number of benzene rings is 1. The predicted molar refractivity (Wildman–Crippen MR) is 77.9 cm³/mol. The molecule has 1 amide bonds. The van der Waals surface area contributed by atoms with Gasteiger partial charge in [-0.15, -0.1) is 0 Å². The third kappa shape index (κ3) is 2.85. The molecule has 1 unspecified atom stereocenters. The van der Waals surface area contributed by atoms with E-state index in [0.29, 0.717) is 17.4 Å². The maximum absolute atomic E-state index is 11.3. The zero-order chi connectivity index (χ0) is 13.2. The number of amides is 1. The van der Waals surface area contributed by atoms with Gasteiger partial charge in [0.25, 0.3) is 0 Å². The minimum atomic E-state index is 0.0414. The van der Waals surface area contributed by atoms with Gasteiger partial charge in [0, 0.05) is 12.2 Å². The number of hydrogen-bond acceptors (Lipinski definition) is 3. The first-order valence-corrected chi connectivity index (χ1v) is 7.17. The van der Waals surface area contributed by atoms with Gasteiger partial charge in [0.05, 0.1) is 17.1 Å². The van der Waals surface area contributed by atoms with Gasteiger partial charge in [0.15, 0.2) is 0 Å². The van der Waals surface area contributed by atoms with E-state index in [2.05, 4.69) is 16.0 Å². The fraction of sp³-hybridized carbons (Fsp3) is 0.500. The van der Waals surface area contributed by atoms with Crippen LogP contribution in [0.15, 0.2) is 12.1 Å². The van der Waals surface area contributed by atoms with E-state index in [1.165, 1.54) is 12.8 Å². The number of halogens is 1. The number of fused-ring (bicyclic) bond motifs is 1. The van der Waals surface area contributed by atoms with E-state index < -0.39 is 0 Å². The van der Waals surface area contributed by atoms with Gasteiger partial charge in [0.1, 0.15) is 0 Å². The van der Waals surface area contributed by atoms with Crippen LogP contribution in [0.1, 0.15) is 18.4 Å². The molecule has 0 saturated carbocycles. The van der Waals surface area contributed by atoms with Crippen molar-refractivity contribution in [2.24, 2.45) is 5.92 Å². The van der Waals surface area contributed by atoms with Crippen molar-refractivity contribution in [3.05, 3.63) is 22.7 Å². The average molecular weight is 280 g/mol. The Balaban J connectivity index is 1.67. The predicted octanol–water partition coefficient (Wildman–Crippen LogP) is 2.25. The first-order chi connectivity index (χ1) is 9.22. The summed E-state index contributed by atoms with van der Waals surface area (Å²) in [6, 6.07) is 3.83. The third-order valence-electron chi connectivity index (χ3n) is 3.80. The average Bonchev–Trinajstić information content (AvgIpc) is 2.76. The van der Waals surface area contributed by atoms with Crippen molar-refractivity contribution in [2.45, 2.75) is 19.3 Å². The zero-order valence-corrected chi connectivity index (χ0v) is 11.5. The molecule has 1 aromatic rings. The van der Waals surface area contributed by atoms with Crippen molar-refractivity contribution in [1.82, 2.24) is 5.32 Å². The molecule has 2 aliphatic heterocycles. The molecule has 1 atom stereocenters. The number of nitrogens with one attached hydrogen (secondary N) is 3. The van der Waals surface area contributed by atoms with E-state index in [1.807, 2.05) is 12.1 Å². The van der Waals surface area contributed by atoms with Crippen LogP contribution >= 0.6 is 11.6 Å². The molecule has 1 saturated heterocycles. The fourth-order valence-corrected chi connectivity index (χ4v) is 2.97. The lowest BCUT2D eigenvalue weighted by Crippen LogP contribution is -2.33. The van der Waals surface area contributed by atoms with Gasteiger partial charge >= 0.3 is 0 Å². The molecule has 3 rings (SSSR count). The largest absolute Gasteiger partial charge is 0.384 e. The van der Waals surface area contributed by atoms with Crippen LogP contribution in [0.25, 0.3) is 0 Å². The number of piperidine rings is 1. The summed E-state index contributed by atoms with van der Waals surface area (Å²) >= 11 is 6.24. The Morgan fingerprint density at radius 1 is 1.42 bits per heavy atom. The molecule has 1 fully saturated rings. The second-order valence-electron chi connectivity index (χ2n) is 5.31. The summed E-state index contributed by atoms with van der Waals surface area (Å²) in [4.78, 5) is 11.3. The molecule has 2 aliphatic rings. The first-order valence-electron chi connectivity index (χ1n) is 6.79.